The fourth-order valence-electron chi connectivity index (χ4n) is 2.28. The summed E-state index contributed by atoms with van der Waals surface area (Å²) in [6.07, 6.45) is 3.74. The molecule has 2 unspecified atom stereocenters. The van der Waals surface area contributed by atoms with E-state index in [-0.39, 0.29) is 17.9 Å². The average Bonchev–Trinajstić information content (AvgIpc) is 3.12. The van der Waals surface area contributed by atoms with E-state index in [9.17, 15) is 9.59 Å². The van der Waals surface area contributed by atoms with E-state index in [0.29, 0.717) is 12.6 Å². The summed E-state index contributed by atoms with van der Waals surface area (Å²) in [5.74, 6) is -1.03. The van der Waals surface area contributed by atoms with Crippen molar-refractivity contribution in [3.05, 3.63) is 0 Å². The second-order valence-corrected chi connectivity index (χ2v) is 5.13. The Balaban J connectivity index is 1.86. The molecule has 5 nitrogen and oxygen atoms in total. The van der Waals surface area contributed by atoms with E-state index in [1.165, 1.54) is 0 Å². The smallest absolute Gasteiger partial charge is 0.307 e. The van der Waals surface area contributed by atoms with Gasteiger partial charge in [0.2, 0.25) is 5.91 Å². The fourth-order valence-corrected chi connectivity index (χ4v) is 2.28. The largest absolute Gasteiger partial charge is 0.481 e. The molecular weight excluding hydrogens is 220 g/mol. The molecule has 1 saturated carbocycles. The second-order valence-electron chi connectivity index (χ2n) is 5.13. The van der Waals surface area contributed by atoms with Gasteiger partial charge in [0.1, 0.15) is 0 Å². The predicted molar refractivity (Wildman–Crippen MR) is 62.6 cm³/mol. The third-order valence-electron chi connectivity index (χ3n) is 3.65. The van der Waals surface area contributed by atoms with Gasteiger partial charge in [0, 0.05) is 12.6 Å². The van der Waals surface area contributed by atoms with Crippen LogP contribution in [0.1, 0.15) is 32.6 Å². The van der Waals surface area contributed by atoms with Gasteiger partial charge in [-0.2, -0.15) is 0 Å². The number of carbonyl (C=O) groups excluding carboxylic acids is 1. The molecule has 2 aliphatic rings. The van der Waals surface area contributed by atoms with E-state index < -0.39 is 5.97 Å². The van der Waals surface area contributed by atoms with E-state index in [1.54, 1.807) is 0 Å². The molecule has 2 fully saturated rings. The average molecular weight is 240 g/mol. The number of amides is 1. The molecular formula is C12H20N2O3. The highest BCUT2D eigenvalue weighted by atomic mass is 16.4. The van der Waals surface area contributed by atoms with Crippen molar-refractivity contribution in [2.24, 2.45) is 5.92 Å². The minimum Gasteiger partial charge on any atom is -0.481 e. The number of piperidine rings is 1. The van der Waals surface area contributed by atoms with Crippen molar-refractivity contribution in [3.8, 4) is 0 Å². The summed E-state index contributed by atoms with van der Waals surface area (Å²) in [7, 11) is 0. The number of carbonyl (C=O) groups is 2. The number of nitrogens with one attached hydrogen (secondary N) is 1. The van der Waals surface area contributed by atoms with Crippen LogP contribution in [0.4, 0.5) is 0 Å². The highest BCUT2D eigenvalue weighted by molar-refractivity contribution is 5.82. The van der Waals surface area contributed by atoms with Gasteiger partial charge in [0.15, 0.2) is 0 Å². The molecule has 0 radical (unpaired) electrons. The first-order chi connectivity index (χ1) is 8.08. The number of carboxylic acid groups (broad SMARTS) is 1. The molecule has 1 amide bonds. The van der Waals surface area contributed by atoms with Gasteiger partial charge in [-0.05, 0) is 39.2 Å². The fraction of sp³-hybridized carbons (Fsp3) is 0.833. The summed E-state index contributed by atoms with van der Waals surface area (Å²) in [4.78, 5) is 24.8. The Bertz CT molecular complexity index is 315. The predicted octanol–water partition coefficient (Wildman–Crippen LogP) is 0.450. The van der Waals surface area contributed by atoms with E-state index in [0.717, 1.165) is 32.2 Å². The lowest BCUT2D eigenvalue weighted by Gasteiger charge is -2.34. The lowest BCUT2D eigenvalue weighted by molar-refractivity contribution is -0.145. The Hall–Kier alpha value is -1.10. The maximum atomic E-state index is 11.9. The molecule has 2 rings (SSSR count). The summed E-state index contributed by atoms with van der Waals surface area (Å²) in [6.45, 7) is 3.18. The Morgan fingerprint density at radius 2 is 2.06 bits per heavy atom. The second kappa shape index (κ2) is 5.04. The van der Waals surface area contributed by atoms with Crippen molar-refractivity contribution < 1.29 is 14.7 Å². The van der Waals surface area contributed by atoms with Crippen molar-refractivity contribution in [2.45, 2.75) is 44.7 Å². The summed E-state index contributed by atoms with van der Waals surface area (Å²) in [5.41, 5.74) is 0. The van der Waals surface area contributed by atoms with Gasteiger partial charge in [-0.25, -0.2) is 0 Å². The molecule has 2 N–H and O–H groups in total. The molecule has 0 aromatic carbocycles. The van der Waals surface area contributed by atoms with Gasteiger partial charge in [-0.1, -0.05) is 0 Å². The van der Waals surface area contributed by atoms with Crippen LogP contribution in [-0.4, -0.2) is 47.1 Å². The molecule has 1 saturated heterocycles. The maximum Gasteiger partial charge on any atom is 0.307 e. The SMILES string of the molecule is CC(C(=O)NC1CC1)N1CCCC(C(=O)O)C1. The molecule has 0 bridgehead atoms. The normalized spacial score (nSPS) is 27.5. The molecule has 0 aromatic heterocycles. The molecule has 5 heteroatoms. The van der Waals surface area contributed by atoms with Crippen LogP contribution in [0.2, 0.25) is 0 Å². The summed E-state index contributed by atoms with van der Waals surface area (Å²) < 4.78 is 0. The lowest BCUT2D eigenvalue weighted by Crippen LogP contribution is -2.50. The van der Waals surface area contributed by atoms with Crippen molar-refractivity contribution in [1.29, 1.82) is 0 Å². The van der Waals surface area contributed by atoms with Gasteiger partial charge in [-0.15, -0.1) is 0 Å². The monoisotopic (exact) mass is 240 g/mol. The maximum absolute atomic E-state index is 11.9. The topological polar surface area (TPSA) is 69.6 Å². The first-order valence-electron chi connectivity index (χ1n) is 6.35. The van der Waals surface area contributed by atoms with Crippen LogP contribution in [0.5, 0.6) is 0 Å². The first-order valence-corrected chi connectivity index (χ1v) is 6.35. The number of hydrogen-bond donors (Lipinski definition) is 2. The summed E-state index contributed by atoms with van der Waals surface area (Å²) in [5, 5.41) is 12.0. The standard InChI is InChI=1S/C12H20N2O3/c1-8(11(15)13-10-4-5-10)14-6-2-3-9(7-14)12(16)17/h8-10H,2-7H2,1H3,(H,13,15)(H,16,17). The van der Waals surface area contributed by atoms with Crippen molar-refractivity contribution in [2.75, 3.05) is 13.1 Å². The van der Waals surface area contributed by atoms with Crippen LogP contribution in [-0.2, 0) is 9.59 Å². The van der Waals surface area contributed by atoms with Gasteiger partial charge in [-0.3, -0.25) is 14.5 Å². The highest BCUT2D eigenvalue weighted by Crippen LogP contribution is 2.21. The number of rotatable bonds is 4. The van der Waals surface area contributed by atoms with Gasteiger partial charge in [0.25, 0.3) is 0 Å². The summed E-state index contributed by atoms with van der Waals surface area (Å²) in [6, 6.07) is 0.155. The molecule has 0 spiro atoms. The minimum absolute atomic E-state index is 0.0403. The Kier molecular flexibility index (Phi) is 3.66. The van der Waals surface area contributed by atoms with E-state index >= 15 is 0 Å². The zero-order chi connectivity index (χ0) is 12.4. The van der Waals surface area contributed by atoms with Crippen LogP contribution in [0.25, 0.3) is 0 Å². The number of aliphatic carboxylic acids is 1. The zero-order valence-corrected chi connectivity index (χ0v) is 10.2. The lowest BCUT2D eigenvalue weighted by atomic mass is 9.97. The number of carboxylic acids is 1. The van der Waals surface area contributed by atoms with Crippen molar-refractivity contribution in [3.63, 3.8) is 0 Å². The van der Waals surface area contributed by atoms with Gasteiger partial charge < -0.3 is 10.4 Å². The van der Waals surface area contributed by atoms with E-state index in [2.05, 4.69) is 5.32 Å². The molecule has 1 aliphatic carbocycles. The number of hydrogen-bond acceptors (Lipinski definition) is 3. The molecule has 2 atom stereocenters. The first kappa shape index (κ1) is 12.4. The quantitative estimate of drug-likeness (QED) is 0.748. The van der Waals surface area contributed by atoms with Crippen LogP contribution >= 0.6 is 0 Å². The number of nitrogens with zero attached hydrogens (tertiary/aromatic N) is 1. The van der Waals surface area contributed by atoms with E-state index in [4.69, 9.17) is 5.11 Å². The third-order valence-corrected chi connectivity index (χ3v) is 3.65. The van der Waals surface area contributed by atoms with Crippen LogP contribution < -0.4 is 5.32 Å². The van der Waals surface area contributed by atoms with Crippen LogP contribution in [0.15, 0.2) is 0 Å². The Labute approximate surface area is 101 Å². The van der Waals surface area contributed by atoms with Crippen LogP contribution in [0.3, 0.4) is 0 Å². The summed E-state index contributed by atoms with van der Waals surface area (Å²) >= 11 is 0. The molecule has 17 heavy (non-hydrogen) atoms. The number of likely N-dealkylation sites (tertiary alicyclic amines) is 1. The van der Waals surface area contributed by atoms with Crippen LogP contribution in [0, 0.1) is 5.92 Å². The van der Waals surface area contributed by atoms with E-state index in [1.807, 2.05) is 11.8 Å². The Morgan fingerprint density at radius 3 is 2.65 bits per heavy atom. The molecule has 96 valence electrons. The molecule has 1 heterocycles. The zero-order valence-electron chi connectivity index (χ0n) is 10.2. The van der Waals surface area contributed by atoms with Crippen molar-refractivity contribution >= 4 is 11.9 Å². The van der Waals surface area contributed by atoms with Crippen molar-refractivity contribution in [1.82, 2.24) is 10.2 Å². The molecule has 0 aromatic rings. The van der Waals surface area contributed by atoms with Gasteiger partial charge >= 0.3 is 5.97 Å². The highest BCUT2D eigenvalue weighted by Gasteiger charge is 2.32. The third kappa shape index (κ3) is 3.19. The molecule has 1 aliphatic heterocycles. The Morgan fingerprint density at radius 1 is 1.35 bits per heavy atom. The van der Waals surface area contributed by atoms with Gasteiger partial charge in [0.05, 0.1) is 12.0 Å². The minimum atomic E-state index is -0.746.